The first-order valence-electron chi connectivity index (χ1n) is 8.81. The number of carbonyl (C=O) groups is 3. The third kappa shape index (κ3) is 2.62. The van der Waals surface area contributed by atoms with E-state index in [0.29, 0.717) is 32.2 Å². The third-order valence-corrected chi connectivity index (χ3v) is 5.66. The Balaban J connectivity index is 1.55. The number of fused-ring (bicyclic) bond motifs is 3. The summed E-state index contributed by atoms with van der Waals surface area (Å²) in [6.07, 6.45) is 3.14. The topological polar surface area (TPSA) is 57.7 Å². The van der Waals surface area contributed by atoms with Crippen molar-refractivity contribution in [3.05, 3.63) is 35.4 Å². The van der Waals surface area contributed by atoms with Crippen LogP contribution in [0.2, 0.25) is 0 Å². The molecule has 0 unspecified atom stereocenters. The Morgan fingerprint density at radius 1 is 1.04 bits per heavy atom. The first-order chi connectivity index (χ1) is 11.6. The molecule has 5 nitrogen and oxygen atoms in total. The minimum atomic E-state index is -0.0964. The molecular formula is C19H22N2O3. The molecule has 2 amide bonds. The van der Waals surface area contributed by atoms with Crippen molar-refractivity contribution in [2.24, 2.45) is 5.92 Å². The third-order valence-electron chi connectivity index (χ3n) is 5.66. The van der Waals surface area contributed by atoms with Crippen LogP contribution >= 0.6 is 0 Å². The zero-order valence-corrected chi connectivity index (χ0v) is 13.7. The van der Waals surface area contributed by atoms with E-state index in [1.54, 1.807) is 4.90 Å². The monoisotopic (exact) mass is 326 g/mol. The predicted molar refractivity (Wildman–Crippen MR) is 88.1 cm³/mol. The molecule has 2 heterocycles. The average molecular weight is 326 g/mol. The Morgan fingerprint density at radius 3 is 2.58 bits per heavy atom. The molecule has 3 aliphatic rings. The smallest absolute Gasteiger partial charge is 0.242 e. The molecule has 2 aliphatic heterocycles. The molecule has 4 rings (SSSR count). The molecule has 0 N–H and O–H groups in total. The minimum Gasteiger partial charge on any atom is -0.332 e. The predicted octanol–water partition coefficient (Wildman–Crippen LogP) is 1.71. The molecule has 0 aromatic heterocycles. The van der Waals surface area contributed by atoms with Gasteiger partial charge in [-0.25, -0.2) is 0 Å². The van der Waals surface area contributed by atoms with Crippen molar-refractivity contribution in [3.8, 4) is 0 Å². The lowest BCUT2D eigenvalue weighted by Gasteiger charge is -2.45. The summed E-state index contributed by atoms with van der Waals surface area (Å²) in [6.45, 7) is 1.49. The van der Waals surface area contributed by atoms with Crippen LogP contribution < -0.4 is 0 Å². The first-order valence-corrected chi connectivity index (χ1v) is 8.81. The number of Topliss-reactive ketones (excluding diaryl/α,β-unsaturated/α-hetero) is 1. The fourth-order valence-electron chi connectivity index (χ4n) is 4.29. The van der Waals surface area contributed by atoms with Gasteiger partial charge >= 0.3 is 0 Å². The highest BCUT2D eigenvalue weighted by molar-refractivity contribution is 5.89. The van der Waals surface area contributed by atoms with Crippen LogP contribution in [0.25, 0.3) is 0 Å². The zero-order valence-electron chi connectivity index (χ0n) is 13.7. The lowest BCUT2D eigenvalue weighted by Crippen LogP contribution is -2.56. The summed E-state index contributed by atoms with van der Waals surface area (Å²) in [6, 6.07) is 8.20. The molecular weight excluding hydrogens is 304 g/mol. The summed E-state index contributed by atoms with van der Waals surface area (Å²) in [5.41, 5.74) is 2.46. The van der Waals surface area contributed by atoms with Gasteiger partial charge in [-0.15, -0.1) is 0 Å². The van der Waals surface area contributed by atoms with E-state index in [9.17, 15) is 14.4 Å². The number of amides is 2. The number of carbonyl (C=O) groups excluding carboxylic acids is 3. The van der Waals surface area contributed by atoms with Gasteiger partial charge in [-0.2, -0.15) is 0 Å². The van der Waals surface area contributed by atoms with Crippen molar-refractivity contribution >= 4 is 17.6 Å². The summed E-state index contributed by atoms with van der Waals surface area (Å²) in [7, 11) is 0. The van der Waals surface area contributed by atoms with Crippen molar-refractivity contribution in [3.63, 3.8) is 0 Å². The molecule has 2 fully saturated rings. The molecule has 24 heavy (non-hydrogen) atoms. The highest BCUT2D eigenvalue weighted by Gasteiger charge is 2.40. The van der Waals surface area contributed by atoms with E-state index in [4.69, 9.17) is 0 Å². The van der Waals surface area contributed by atoms with E-state index < -0.39 is 0 Å². The van der Waals surface area contributed by atoms with Crippen molar-refractivity contribution in [1.82, 2.24) is 9.80 Å². The second-order valence-corrected chi connectivity index (χ2v) is 7.08. The fourth-order valence-corrected chi connectivity index (χ4v) is 4.29. The first kappa shape index (κ1) is 15.4. The normalized spacial score (nSPS) is 24.6. The molecule has 1 saturated carbocycles. The Bertz CT molecular complexity index is 690. The second-order valence-electron chi connectivity index (χ2n) is 7.08. The van der Waals surface area contributed by atoms with Gasteiger partial charge in [-0.3, -0.25) is 14.4 Å². The molecule has 1 aromatic rings. The van der Waals surface area contributed by atoms with Gasteiger partial charge in [0.25, 0.3) is 0 Å². The molecule has 1 aromatic carbocycles. The fraction of sp³-hybridized carbons (Fsp3) is 0.526. The molecule has 126 valence electrons. The van der Waals surface area contributed by atoms with Crippen molar-refractivity contribution in [1.29, 1.82) is 0 Å². The average Bonchev–Trinajstić information content (AvgIpc) is 2.61. The standard InChI is InChI=1S/C19H22N2O3/c22-15-7-5-14(6-8-15)19(24)20-11-17-16-4-2-1-3-13(16)9-10-21(17)18(23)12-20/h1-4,14,17H,5-12H2/t17-/m1/s1. The van der Waals surface area contributed by atoms with Crippen LogP contribution in [-0.4, -0.2) is 47.0 Å². The van der Waals surface area contributed by atoms with E-state index in [1.807, 2.05) is 17.0 Å². The SMILES string of the molecule is O=C1CCC(C(=O)N2CC(=O)N3CCc4ccccc4[C@H]3C2)CC1. The summed E-state index contributed by atoms with van der Waals surface area (Å²) in [5, 5.41) is 0. The molecule has 0 radical (unpaired) electrons. The van der Waals surface area contributed by atoms with E-state index in [2.05, 4.69) is 12.1 Å². The van der Waals surface area contributed by atoms with Crippen molar-refractivity contribution in [2.75, 3.05) is 19.6 Å². The minimum absolute atomic E-state index is 0.0228. The van der Waals surface area contributed by atoms with Crippen LogP contribution in [0.1, 0.15) is 42.9 Å². The second kappa shape index (κ2) is 6.04. The highest BCUT2D eigenvalue weighted by Crippen LogP contribution is 2.34. The maximum absolute atomic E-state index is 12.8. The number of piperazine rings is 1. The number of benzene rings is 1. The van der Waals surface area contributed by atoms with Crippen LogP contribution in [0, 0.1) is 5.92 Å². The van der Waals surface area contributed by atoms with E-state index >= 15 is 0 Å². The Kier molecular flexibility index (Phi) is 3.87. The van der Waals surface area contributed by atoms with Gasteiger partial charge in [-0.05, 0) is 30.4 Å². The summed E-state index contributed by atoms with van der Waals surface area (Å²) >= 11 is 0. The van der Waals surface area contributed by atoms with Gasteiger partial charge < -0.3 is 9.80 Å². The Hall–Kier alpha value is -2.17. The number of hydrogen-bond acceptors (Lipinski definition) is 3. The molecule has 1 atom stereocenters. The summed E-state index contributed by atoms with van der Waals surface area (Å²) in [4.78, 5) is 40.5. The van der Waals surface area contributed by atoms with E-state index in [0.717, 1.165) is 13.0 Å². The number of ketones is 1. The van der Waals surface area contributed by atoms with E-state index in [-0.39, 0.29) is 36.1 Å². The number of hydrogen-bond donors (Lipinski definition) is 0. The van der Waals surface area contributed by atoms with Gasteiger partial charge in [0, 0.05) is 31.8 Å². The van der Waals surface area contributed by atoms with Gasteiger partial charge in [0.1, 0.15) is 5.78 Å². The summed E-state index contributed by atoms with van der Waals surface area (Å²) < 4.78 is 0. The highest BCUT2D eigenvalue weighted by atomic mass is 16.2. The molecule has 0 spiro atoms. The zero-order chi connectivity index (χ0) is 16.7. The summed E-state index contributed by atoms with van der Waals surface area (Å²) in [5.74, 6) is 0.251. The van der Waals surface area contributed by atoms with Crippen molar-refractivity contribution < 1.29 is 14.4 Å². The molecule has 1 saturated heterocycles. The quantitative estimate of drug-likeness (QED) is 0.789. The van der Waals surface area contributed by atoms with Crippen molar-refractivity contribution in [2.45, 2.75) is 38.1 Å². The largest absolute Gasteiger partial charge is 0.332 e. The van der Waals surface area contributed by atoms with Gasteiger partial charge in [0.15, 0.2) is 0 Å². The van der Waals surface area contributed by atoms with Crippen LogP contribution in [0.15, 0.2) is 24.3 Å². The van der Waals surface area contributed by atoms with Gasteiger partial charge in [-0.1, -0.05) is 24.3 Å². The van der Waals surface area contributed by atoms with Gasteiger partial charge in [0.05, 0.1) is 12.6 Å². The maximum atomic E-state index is 12.8. The van der Waals surface area contributed by atoms with Crippen LogP contribution in [0.3, 0.4) is 0 Å². The Morgan fingerprint density at radius 2 is 1.79 bits per heavy atom. The molecule has 1 aliphatic carbocycles. The number of nitrogens with zero attached hydrogens (tertiary/aromatic N) is 2. The van der Waals surface area contributed by atoms with Crippen LogP contribution in [0.5, 0.6) is 0 Å². The maximum Gasteiger partial charge on any atom is 0.242 e. The van der Waals surface area contributed by atoms with Crippen LogP contribution in [0.4, 0.5) is 0 Å². The Labute approximate surface area is 141 Å². The van der Waals surface area contributed by atoms with E-state index in [1.165, 1.54) is 11.1 Å². The molecule has 0 bridgehead atoms. The lowest BCUT2D eigenvalue weighted by molar-refractivity contribution is -0.152. The number of rotatable bonds is 1. The van der Waals surface area contributed by atoms with Crippen LogP contribution in [-0.2, 0) is 20.8 Å². The molecule has 5 heteroatoms. The lowest BCUT2D eigenvalue weighted by atomic mass is 9.86. The van der Waals surface area contributed by atoms with Gasteiger partial charge in [0.2, 0.25) is 11.8 Å².